The number of fused-ring (bicyclic) bond motifs is 5. The van der Waals surface area contributed by atoms with Crippen molar-refractivity contribution in [2.45, 2.75) is 13.3 Å². The molecular weight excluding hydrogens is 366 g/mol. The maximum atomic E-state index is 12.4. The van der Waals surface area contributed by atoms with Crippen molar-refractivity contribution in [1.29, 1.82) is 0 Å². The van der Waals surface area contributed by atoms with Crippen LogP contribution in [0.5, 0.6) is 5.75 Å². The molecule has 1 aliphatic rings. The number of oxime groups is 1. The Labute approximate surface area is 159 Å². The zero-order chi connectivity index (χ0) is 19.8. The van der Waals surface area contributed by atoms with E-state index in [1.165, 1.54) is 0 Å². The van der Waals surface area contributed by atoms with Crippen molar-refractivity contribution in [2.24, 2.45) is 10.9 Å². The van der Waals surface area contributed by atoms with Gasteiger partial charge in [0.05, 0.1) is 36.5 Å². The molecule has 0 radical (unpaired) electrons. The van der Waals surface area contributed by atoms with Gasteiger partial charge in [0.25, 0.3) is 0 Å². The molecule has 0 amide bonds. The third-order valence-electron chi connectivity index (χ3n) is 4.45. The number of imidazole rings is 1. The Bertz CT molecular complexity index is 1100. The van der Waals surface area contributed by atoms with Crippen molar-refractivity contribution >= 4 is 11.8 Å². The molecule has 3 N–H and O–H groups in total. The number of methoxy groups -OCH3 is 1. The molecule has 11 heteroatoms. The fourth-order valence-corrected chi connectivity index (χ4v) is 3.19. The summed E-state index contributed by atoms with van der Waals surface area (Å²) in [7, 11) is 1.56. The number of benzene rings is 1. The molecule has 144 valence electrons. The van der Waals surface area contributed by atoms with Crippen LogP contribution in [0.4, 0.5) is 0 Å². The van der Waals surface area contributed by atoms with Gasteiger partial charge in [0.1, 0.15) is 17.8 Å². The lowest BCUT2D eigenvalue weighted by atomic mass is 10.1. The molecule has 2 aromatic heterocycles. The maximum absolute atomic E-state index is 12.4. The summed E-state index contributed by atoms with van der Waals surface area (Å²) >= 11 is 0. The summed E-state index contributed by atoms with van der Waals surface area (Å²) in [6.45, 7) is 1.93. The van der Waals surface area contributed by atoms with Gasteiger partial charge in [-0.2, -0.15) is 0 Å². The molecule has 3 aromatic rings. The Kier molecular flexibility index (Phi) is 4.18. The zero-order valence-corrected chi connectivity index (χ0v) is 15.2. The lowest BCUT2D eigenvalue weighted by Crippen LogP contribution is -2.17. The van der Waals surface area contributed by atoms with Crippen LogP contribution in [0.25, 0.3) is 11.4 Å². The van der Waals surface area contributed by atoms with Gasteiger partial charge in [-0.3, -0.25) is 4.57 Å². The molecule has 0 atom stereocenters. The summed E-state index contributed by atoms with van der Waals surface area (Å²) in [5.41, 5.74) is 8.67. The summed E-state index contributed by atoms with van der Waals surface area (Å²) in [4.78, 5) is 16.6. The minimum atomic E-state index is -0.577. The normalized spacial score (nSPS) is 12.6. The first-order chi connectivity index (χ1) is 13.6. The van der Waals surface area contributed by atoms with Gasteiger partial charge >= 0.3 is 5.97 Å². The lowest BCUT2D eigenvalue weighted by Gasteiger charge is -2.11. The van der Waals surface area contributed by atoms with E-state index >= 15 is 0 Å². The molecule has 1 aromatic carbocycles. The third-order valence-corrected chi connectivity index (χ3v) is 4.45. The molecule has 0 saturated carbocycles. The highest BCUT2D eigenvalue weighted by molar-refractivity contribution is 5.97. The number of esters is 1. The maximum Gasteiger partial charge on any atom is 0.360 e. The first kappa shape index (κ1) is 17.5. The number of rotatable bonds is 4. The molecule has 0 fully saturated rings. The molecular formula is C17H17N7O4. The molecule has 4 rings (SSSR count). The monoisotopic (exact) mass is 383 g/mol. The first-order valence-electron chi connectivity index (χ1n) is 8.43. The molecule has 11 nitrogen and oxygen atoms in total. The highest BCUT2D eigenvalue weighted by atomic mass is 16.5. The second-order valence-electron chi connectivity index (χ2n) is 5.94. The Morgan fingerprint density at radius 3 is 2.86 bits per heavy atom. The number of carbonyl (C=O) groups is 1. The predicted molar refractivity (Wildman–Crippen MR) is 96.3 cm³/mol. The van der Waals surface area contributed by atoms with Gasteiger partial charge in [-0.05, 0) is 19.1 Å². The second-order valence-corrected chi connectivity index (χ2v) is 5.94. The number of hydrogen-bond donors (Lipinski definition) is 2. The van der Waals surface area contributed by atoms with E-state index in [0.29, 0.717) is 28.5 Å². The Balaban J connectivity index is 2.01. The van der Waals surface area contributed by atoms with E-state index in [0.717, 1.165) is 5.69 Å². The topological polar surface area (TPSA) is 143 Å². The van der Waals surface area contributed by atoms with Crippen molar-refractivity contribution in [3.05, 3.63) is 47.3 Å². The van der Waals surface area contributed by atoms with Gasteiger partial charge in [-0.25, -0.2) is 14.5 Å². The summed E-state index contributed by atoms with van der Waals surface area (Å²) in [5, 5.41) is 20.3. The number of amidine groups is 1. The van der Waals surface area contributed by atoms with Crippen LogP contribution in [0.15, 0.2) is 29.7 Å². The standard InChI is InChI=1S/C17H17N7O4/c1-3-28-17(25)15-13-7-12-14(16(18)21-26)19-8-23(12)10-5-4-9(27-2)6-11(10)24(13)22-20-15/h4-6,8,26H,3,7H2,1-2H3,(H2,18,21). The van der Waals surface area contributed by atoms with Crippen LogP contribution in [0, 0.1) is 0 Å². The van der Waals surface area contributed by atoms with Gasteiger partial charge < -0.3 is 20.4 Å². The van der Waals surface area contributed by atoms with Crippen molar-refractivity contribution in [3.8, 4) is 17.1 Å². The minimum Gasteiger partial charge on any atom is -0.497 e. The molecule has 0 aliphatic carbocycles. The van der Waals surface area contributed by atoms with E-state index in [4.69, 9.17) is 20.4 Å². The Hall–Kier alpha value is -3.89. The highest BCUT2D eigenvalue weighted by Gasteiger charge is 2.30. The molecule has 0 saturated heterocycles. The number of nitrogens with zero attached hydrogens (tertiary/aromatic N) is 6. The minimum absolute atomic E-state index is 0.0933. The molecule has 3 heterocycles. The van der Waals surface area contributed by atoms with Crippen molar-refractivity contribution < 1.29 is 19.5 Å². The van der Waals surface area contributed by atoms with Crippen LogP contribution >= 0.6 is 0 Å². The average molecular weight is 383 g/mol. The van der Waals surface area contributed by atoms with Gasteiger partial charge in [0.15, 0.2) is 11.5 Å². The summed E-state index contributed by atoms with van der Waals surface area (Å²) in [6, 6.07) is 5.40. The van der Waals surface area contributed by atoms with E-state index in [9.17, 15) is 4.79 Å². The molecule has 0 unspecified atom stereocenters. The summed E-state index contributed by atoms with van der Waals surface area (Å²) < 4.78 is 13.8. The third kappa shape index (κ3) is 2.55. The second kappa shape index (κ2) is 6.68. The summed E-state index contributed by atoms with van der Waals surface area (Å²) in [6.07, 6.45) is 1.78. The number of aromatic nitrogens is 5. The number of ether oxygens (including phenoxy) is 2. The Morgan fingerprint density at radius 1 is 1.32 bits per heavy atom. The van der Waals surface area contributed by atoms with Crippen LogP contribution in [-0.4, -0.2) is 55.3 Å². The van der Waals surface area contributed by atoms with Gasteiger partial charge in [0, 0.05) is 12.5 Å². The van der Waals surface area contributed by atoms with Crippen molar-refractivity contribution in [1.82, 2.24) is 24.5 Å². The van der Waals surface area contributed by atoms with E-state index < -0.39 is 5.97 Å². The molecule has 0 spiro atoms. The van der Waals surface area contributed by atoms with Gasteiger partial charge in [-0.1, -0.05) is 10.4 Å². The van der Waals surface area contributed by atoms with Crippen LogP contribution in [0.1, 0.15) is 34.5 Å². The van der Waals surface area contributed by atoms with Crippen LogP contribution in [0.2, 0.25) is 0 Å². The van der Waals surface area contributed by atoms with Gasteiger partial charge in [-0.15, -0.1) is 5.10 Å². The smallest absolute Gasteiger partial charge is 0.360 e. The van der Waals surface area contributed by atoms with Crippen LogP contribution in [0.3, 0.4) is 0 Å². The SMILES string of the molecule is CCOC(=O)c1nnn2c1Cc1c(/C(N)=N/O)ncn1-c1ccc(OC)cc1-2. The predicted octanol–water partition coefficient (Wildman–Crippen LogP) is 0.637. The average Bonchev–Trinajstić information content (AvgIpc) is 3.29. The van der Waals surface area contributed by atoms with Crippen molar-refractivity contribution in [2.75, 3.05) is 13.7 Å². The van der Waals surface area contributed by atoms with E-state index in [-0.39, 0.29) is 24.6 Å². The number of hydrogen-bond acceptors (Lipinski definition) is 8. The van der Waals surface area contributed by atoms with Crippen LogP contribution < -0.4 is 10.5 Å². The fourth-order valence-electron chi connectivity index (χ4n) is 3.19. The number of carbonyl (C=O) groups excluding carboxylic acids is 1. The lowest BCUT2D eigenvalue weighted by molar-refractivity contribution is 0.0518. The highest BCUT2D eigenvalue weighted by Crippen LogP contribution is 2.32. The molecule has 0 bridgehead atoms. The first-order valence-corrected chi connectivity index (χ1v) is 8.43. The van der Waals surface area contributed by atoms with Crippen LogP contribution in [-0.2, 0) is 11.2 Å². The Morgan fingerprint density at radius 2 is 2.14 bits per heavy atom. The molecule has 28 heavy (non-hydrogen) atoms. The fraction of sp³-hybridized carbons (Fsp3) is 0.235. The van der Waals surface area contributed by atoms with E-state index in [1.807, 2.05) is 6.07 Å². The van der Waals surface area contributed by atoms with Crippen molar-refractivity contribution in [3.63, 3.8) is 0 Å². The van der Waals surface area contributed by atoms with Gasteiger partial charge in [0.2, 0.25) is 0 Å². The zero-order valence-electron chi connectivity index (χ0n) is 15.2. The van der Waals surface area contributed by atoms with E-state index in [1.54, 1.807) is 41.7 Å². The van der Waals surface area contributed by atoms with E-state index in [2.05, 4.69) is 20.5 Å². The largest absolute Gasteiger partial charge is 0.497 e. The quantitative estimate of drug-likeness (QED) is 0.172. The summed E-state index contributed by atoms with van der Waals surface area (Å²) in [5.74, 6) is -0.105. The molecule has 1 aliphatic heterocycles. The number of nitrogens with two attached hydrogens (primary N) is 1.